The molecule has 0 saturated carbocycles. The molecule has 1 aliphatic heterocycles. The molecule has 1 aliphatic rings. The van der Waals surface area contributed by atoms with Crippen molar-refractivity contribution >= 4 is 52.9 Å². The third-order valence-corrected chi connectivity index (χ3v) is 7.21. The molecule has 1 amide bonds. The van der Waals surface area contributed by atoms with Gasteiger partial charge in [0.1, 0.15) is 17.3 Å². The van der Waals surface area contributed by atoms with Crippen LogP contribution >= 0.6 is 36.2 Å². The number of halogens is 3. The topological polar surface area (TPSA) is 54.3 Å². The summed E-state index contributed by atoms with van der Waals surface area (Å²) >= 11 is 1.61. The Morgan fingerprint density at radius 2 is 1.70 bits per heavy atom. The fraction of sp³-hybridized carbons (Fsp3) is 0.296. The van der Waals surface area contributed by atoms with E-state index < -0.39 is 0 Å². The van der Waals surface area contributed by atoms with Crippen LogP contribution in [0.2, 0.25) is 0 Å². The van der Waals surface area contributed by atoms with Crippen molar-refractivity contribution in [2.45, 2.75) is 39.3 Å². The van der Waals surface area contributed by atoms with Crippen molar-refractivity contribution < 1.29 is 9.18 Å². The molecule has 196 valence electrons. The number of hydrogen-bond acceptors (Lipinski definition) is 5. The maximum atomic E-state index is 13.7. The molecule has 0 aliphatic carbocycles. The van der Waals surface area contributed by atoms with E-state index in [0.29, 0.717) is 24.5 Å². The number of carbonyl (C=O) groups is 1. The molecule has 6 nitrogen and oxygen atoms in total. The van der Waals surface area contributed by atoms with Crippen LogP contribution in [-0.2, 0) is 13.1 Å². The van der Waals surface area contributed by atoms with E-state index in [9.17, 15) is 9.18 Å². The van der Waals surface area contributed by atoms with Gasteiger partial charge in [0.25, 0.3) is 5.91 Å². The van der Waals surface area contributed by atoms with E-state index >= 15 is 0 Å². The standard InChI is InChI=1S/C27H28FN5OS.2ClH/c1-20-29-25(18-32(20)16-21-8-4-2-5-9-21)26(34)33(24-12-10-22(28)11-13-24)17-23-19-35-27(30-23)31-14-6-3-7-15-31;;/h2,4-5,8-13,18-19H,3,6-7,14-17H2,1H3;2*1H. The summed E-state index contributed by atoms with van der Waals surface area (Å²) in [6.07, 6.45) is 5.42. The second-order valence-electron chi connectivity index (χ2n) is 8.82. The van der Waals surface area contributed by atoms with Crippen LogP contribution in [0, 0.1) is 12.7 Å². The van der Waals surface area contributed by atoms with Crippen molar-refractivity contribution in [3.8, 4) is 0 Å². The molecule has 0 unspecified atom stereocenters. The number of amides is 1. The average Bonchev–Trinajstić information content (AvgIpc) is 3.51. The zero-order valence-corrected chi connectivity index (χ0v) is 23.0. The SMILES string of the molecule is Cc1nc(C(=O)N(Cc2csc(N3CCCCC3)n2)c2ccc(F)cc2)cn1Cc1ccccc1.Cl.Cl. The Morgan fingerprint density at radius 1 is 1.00 bits per heavy atom. The molecular weight excluding hydrogens is 532 g/mol. The number of imidazole rings is 1. The first kappa shape index (κ1) is 28.6. The highest BCUT2D eigenvalue weighted by Gasteiger charge is 2.23. The van der Waals surface area contributed by atoms with Crippen LogP contribution in [0.3, 0.4) is 0 Å². The summed E-state index contributed by atoms with van der Waals surface area (Å²) < 4.78 is 15.6. The molecule has 4 aromatic rings. The lowest BCUT2D eigenvalue weighted by Crippen LogP contribution is -2.31. The van der Waals surface area contributed by atoms with Gasteiger partial charge in [0, 0.05) is 36.9 Å². The lowest BCUT2D eigenvalue weighted by Gasteiger charge is -2.26. The fourth-order valence-electron chi connectivity index (χ4n) is 4.35. The van der Waals surface area contributed by atoms with Crippen molar-refractivity contribution in [3.63, 3.8) is 0 Å². The molecule has 0 N–H and O–H groups in total. The molecule has 1 fully saturated rings. The van der Waals surface area contributed by atoms with Crippen LogP contribution in [0.4, 0.5) is 15.2 Å². The summed E-state index contributed by atoms with van der Waals surface area (Å²) in [4.78, 5) is 27.0. The van der Waals surface area contributed by atoms with Crippen LogP contribution < -0.4 is 9.80 Å². The Balaban J connectivity index is 0.00000190. The number of benzene rings is 2. The lowest BCUT2D eigenvalue weighted by molar-refractivity contribution is 0.0980. The van der Waals surface area contributed by atoms with Crippen LogP contribution in [0.5, 0.6) is 0 Å². The maximum absolute atomic E-state index is 13.7. The molecule has 1 saturated heterocycles. The van der Waals surface area contributed by atoms with E-state index in [-0.39, 0.29) is 36.5 Å². The summed E-state index contributed by atoms with van der Waals surface area (Å²) in [5.41, 5.74) is 2.91. The van der Waals surface area contributed by atoms with Gasteiger partial charge in [-0.05, 0) is 56.0 Å². The Hall–Kier alpha value is -2.94. The van der Waals surface area contributed by atoms with Gasteiger partial charge < -0.3 is 14.4 Å². The van der Waals surface area contributed by atoms with Crippen molar-refractivity contribution in [1.29, 1.82) is 0 Å². The van der Waals surface area contributed by atoms with Crippen molar-refractivity contribution in [3.05, 3.63) is 94.8 Å². The van der Waals surface area contributed by atoms with Gasteiger partial charge in [-0.1, -0.05) is 30.3 Å². The quantitative estimate of drug-likeness (QED) is 0.258. The highest BCUT2D eigenvalue weighted by molar-refractivity contribution is 7.13. The number of carbonyl (C=O) groups excluding carboxylic acids is 1. The number of thiazole rings is 1. The Bertz CT molecular complexity index is 1290. The molecule has 5 rings (SSSR count). The molecular formula is C27H30Cl2FN5OS. The molecule has 10 heteroatoms. The van der Waals surface area contributed by atoms with Crippen LogP contribution in [0.25, 0.3) is 0 Å². The smallest absolute Gasteiger partial charge is 0.278 e. The van der Waals surface area contributed by atoms with Gasteiger partial charge in [-0.15, -0.1) is 36.2 Å². The largest absolute Gasteiger partial charge is 0.348 e. The number of anilines is 2. The maximum Gasteiger partial charge on any atom is 0.278 e. The normalized spacial score (nSPS) is 13.0. The Morgan fingerprint density at radius 3 is 2.41 bits per heavy atom. The summed E-state index contributed by atoms with van der Waals surface area (Å²) in [7, 11) is 0. The Labute approximate surface area is 233 Å². The van der Waals surface area contributed by atoms with Gasteiger partial charge >= 0.3 is 0 Å². The average molecular weight is 563 g/mol. The number of hydrogen-bond donors (Lipinski definition) is 0. The molecule has 3 heterocycles. The molecule has 37 heavy (non-hydrogen) atoms. The number of nitrogens with zero attached hydrogens (tertiary/aromatic N) is 5. The van der Waals surface area contributed by atoms with Gasteiger partial charge in [-0.2, -0.15) is 0 Å². The molecule has 0 radical (unpaired) electrons. The fourth-order valence-corrected chi connectivity index (χ4v) is 5.22. The first-order chi connectivity index (χ1) is 17.1. The summed E-state index contributed by atoms with van der Waals surface area (Å²) in [5.74, 6) is 0.182. The number of aromatic nitrogens is 3. The zero-order valence-electron chi connectivity index (χ0n) is 20.5. The number of aryl methyl sites for hydroxylation is 1. The van der Waals surface area contributed by atoms with Gasteiger partial charge in [-0.3, -0.25) is 4.79 Å². The monoisotopic (exact) mass is 561 g/mol. The summed E-state index contributed by atoms with van der Waals surface area (Å²) in [5, 5.41) is 3.00. The minimum Gasteiger partial charge on any atom is -0.348 e. The lowest BCUT2D eigenvalue weighted by atomic mass is 10.1. The molecule has 2 aromatic carbocycles. The highest BCUT2D eigenvalue weighted by atomic mass is 35.5. The van der Waals surface area contributed by atoms with E-state index in [2.05, 4.69) is 9.88 Å². The van der Waals surface area contributed by atoms with Crippen molar-refractivity contribution in [1.82, 2.24) is 14.5 Å². The van der Waals surface area contributed by atoms with E-state index in [0.717, 1.165) is 35.3 Å². The third kappa shape index (κ3) is 6.89. The third-order valence-electron chi connectivity index (χ3n) is 6.26. The minimum atomic E-state index is -0.342. The van der Waals surface area contributed by atoms with Gasteiger partial charge in [-0.25, -0.2) is 14.4 Å². The predicted octanol–water partition coefficient (Wildman–Crippen LogP) is 6.52. The first-order valence-electron chi connectivity index (χ1n) is 11.9. The molecule has 0 spiro atoms. The molecule has 2 aromatic heterocycles. The van der Waals surface area contributed by atoms with E-state index in [1.807, 2.05) is 47.2 Å². The van der Waals surface area contributed by atoms with E-state index in [1.165, 1.54) is 31.4 Å². The summed E-state index contributed by atoms with van der Waals surface area (Å²) in [6, 6.07) is 16.1. The number of rotatable bonds is 7. The number of piperidine rings is 1. The summed E-state index contributed by atoms with van der Waals surface area (Å²) in [6.45, 7) is 4.86. The second kappa shape index (κ2) is 13.0. The zero-order chi connectivity index (χ0) is 24.2. The van der Waals surface area contributed by atoms with Crippen LogP contribution in [0.15, 0.2) is 66.2 Å². The van der Waals surface area contributed by atoms with Crippen molar-refractivity contribution in [2.24, 2.45) is 0 Å². The van der Waals surface area contributed by atoms with Crippen LogP contribution in [0.1, 0.15) is 46.8 Å². The van der Waals surface area contributed by atoms with E-state index in [1.54, 1.807) is 34.6 Å². The predicted molar refractivity (Wildman–Crippen MR) is 152 cm³/mol. The van der Waals surface area contributed by atoms with E-state index in [4.69, 9.17) is 4.98 Å². The van der Waals surface area contributed by atoms with Gasteiger partial charge in [0.05, 0.1) is 12.2 Å². The molecule has 0 bridgehead atoms. The minimum absolute atomic E-state index is 0. The Kier molecular flexibility index (Phi) is 10.1. The second-order valence-corrected chi connectivity index (χ2v) is 9.66. The van der Waals surface area contributed by atoms with Crippen molar-refractivity contribution in [2.75, 3.05) is 22.9 Å². The first-order valence-corrected chi connectivity index (χ1v) is 12.8. The van der Waals surface area contributed by atoms with Gasteiger partial charge in [0.15, 0.2) is 5.13 Å². The highest BCUT2D eigenvalue weighted by Crippen LogP contribution is 2.27. The molecule has 0 atom stereocenters. The van der Waals surface area contributed by atoms with Gasteiger partial charge in [0.2, 0.25) is 0 Å². The van der Waals surface area contributed by atoms with Crippen LogP contribution in [-0.4, -0.2) is 33.5 Å².